The van der Waals surface area contributed by atoms with E-state index in [0.717, 1.165) is 5.75 Å². The molecule has 6 heteroatoms. The summed E-state index contributed by atoms with van der Waals surface area (Å²) < 4.78 is 11.0. The van der Waals surface area contributed by atoms with Crippen LogP contribution in [0.2, 0.25) is 0 Å². The summed E-state index contributed by atoms with van der Waals surface area (Å²) in [4.78, 5) is 22.2. The van der Waals surface area contributed by atoms with Gasteiger partial charge in [0.2, 0.25) is 0 Å². The number of benzene rings is 1. The Bertz CT molecular complexity index is 688. The second-order valence-electron chi connectivity index (χ2n) is 6.92. The van der Waals surface area contributed by atoms with Gasteiger partial charge < -0.3 is 19.7 Å². The number of aliphatic hydroxyl groups excluding tert-OH is 1. The number of carbonyl (C=O) groups excluding carboxylic acids is 1. The molecule has 1 aromatic carbocycles. The van der Waals surface area contributed by atoms with Crippen LogP contribution in [-0.4, -0.2) is 41.3 Å². The van der Waals surface area contributed by atoms with Crippen LogP contribution in [0.15, 0.2) is 24.3 Å². The maximum Gasteiger partial charge on any atom is 0.303 e. The van der Waals surface area contributed by atoms with E-state index in [1.54, 1.807) is 13.0 Å². The van der Waals surface area contributed by atoms with Gasteiger partial charge in [-0.05, 0) is 51.7 Å². The fraction of sp³-hybridized carbons (Fsp3) is 0.565. The lowest BCUT2D eigenvalue weighted by atomic mass is 9.94. The maximum absolute atomic E-state index is 11.8. The highest BCUT2D eigenvalue weighted by Crippen LogP contribution is 2.20. The first-order valence-corrected chi connectivity index (χ1v) is 10.1. The molecule has 0 saturated heterocycles. The minimum absolute atomic E-state index is 0.0864. The van der Waals surface area contributed by atoms with Crippen LogP contribution in [0.1, 0.15) is 58.8 Å². The van der Waals surface area contributed by atoms with Crippen molar-refractivity contribution >= 4 is 11.8 Å². The molecule has 0 aliphatic heterocycles. The fourth-order valence-electron chi connectivity index (χ4n) is 2.76. The number of ketones is 1. The summed E-state index contributed by atoms with van der Waals surface area (Å²) in [6.45, 7) is 4.23. The average Bonchev–Trinajstić information content (AvgIpc) is 2.67. The third-order valence-electron chi connectivity index (χ3n) is 4.39. The van der Waals surface area contributed by atoms with Gasteiger partial charge in [0.05, 0.1) is 12.7 Å². The molecule has 0 aromatic heterocycles. The van der Waals surface area contributed by atoms with E-state index in [0.29, 0.717) is 50.9 Å². The van der Waals surface area contributed by atoms with Crippen molar-refractivity contribution in [2.24, 2.45) is 5.92 Å². The molecular weight excluding hydrogens is 372 g/mol. The second-order valence-corrected chi connectivity index (χ2v) is 6.92. The van der Waals surface area contributed by atoms with Crippen LogP contribution in [0.4, 0.5) is 0 Å². The quantitative estimate of drug-likeness (QED) is 0.361. The van der Waals surface area contributed by atoms with Crippen molar-refractivity contribution in [3.63, 3.8) is 0 Å². The molecule has 2 N–H and O–H groups in total. The molecule has 2 unspecified atom stereocenters. The summed E-state index contributed by atoms with van der Waals surface area (Å²) in [6.07, 6.45) is 2.93. The molecular formula is C23H32O6. The van der Waals surface area contributed by atoms with Crippen molar-refractivity contribution in [3.8, 4) is 23.3 Å². The molecule has 0 bridgehead atoms. The van der Waals surface area contributed by atoms with Crippen LogP contribution in [0.3, 0.4) is 0 Å². The Balaban J connectivity index is 2.29. The molecule has 0 aliphatic rings. The van der Waals surface area contributed by atoms with E-state index in [1.807, 2.05) is 25.1 Å². The highest BCUT2D eigenvalue weighted by molar-refractivity contribution is 5.78. The molecule has 2 atom stereocenters. The number of aliphatic hydroxyl groups is 1. The third kappa shape index (κ3) is 11.8. The lowest BCUT2D eigenvalue weighted by Crippen LogP contribution is -2.18. The zero-order chi connectivity index (χ0) is 21.5. The predicted molar refractivity (Wildman–Crippen MR) is 111 cm³/mol. The Kier molecular flexibility index (Phi) is 12.2. The number of carboxylic acids is 1. The molecule has 6 nitrogen and oxygen atoms in total. The summed E-state index contributed by atoms with van der Waals surface area (Å²) in [7, 11) is 0. The zero-order valence-corrected chi connectivity index (χ0v) is 17.4. The number of carbonyl (C=O) groups is 2. The van der Waals surface area contributed by atoms with E-state index < -0.39 is 12.1 Å². The normalized spacial score (nSPS) is 12.4. The van der Waals surface area contributed by atoms with Gasteiger partial charge in [-0.15, -0.1) is 11.8 Å². The summed E-state index contributed by atoms with van der Waals surface area (Å²) in [6, 6.07) is 7.30. The summed E-state index contributed by atoms with van der Waals surface area (Å²) in [5.41, 5.74) is 0. The van der Waals surface area contributed by atoms with E-state index >= 15 is 0 Å². The van der Waals surface area contributed by atoms with Crippen molar-refractivity contribution in [2.75, 3.05) is 13.2 Å². The number of unbranched alkanes of at least 4 members (excludes halogenated alkanes) is 1. The standard InChI is InChI=1S/C23H32O6/c1-3-28-21-13-9-14-22(16-21)29-17-20(25)12-8-11-19(18(2)24)10-6-4-5-7-15-23(26)27/h9,13-14,16,19-20,25H,3,5,7-8,10-12,15,17H2,1-2H3,(H,26,27). The Labute approximate surface area is 173 Å². The fourth-order valence-corrected chi connectivity index (χ4v) is 2.76. The first-order valence-electron chi connectivity index (χ1n) is 10.1. The van der Waals surface area contributed by atoms with Crippen molar-refractivity contribution in [1.82, 2.24) is 0 Å². The number of carboxylic acid groups (broad SMARTS) is 1. The molecule has 0 amide bonds. The number of rotatable bonds is 14. The topological polar surface area (TPSA) is 93.1 Å². The van der Waals surface area contributed by atoms with Crippen molar-refractivity contribution in [2.45, 2.75) is 64.9 Å². The van der Waals surface area contributed by atoms with Gasteiger partial charge in [0, 0.05) is 31.2 Å². The molecule has 0 saturated carbocycles. The molecule has 0 aliphatic carbocycles. The maximum atomic E-state index is 11.8. The number of hydrogen-bond donors (Lipinski definition) is 2. The molecule has 1 rings (SSSR count). The minimum Gasteiger partial charge on any atom is -0.494 e. The van der Waals surface area contributed by atoms with Gasteiger partial charge in [-0.3, -0.25) is 9.59 Å². The van der Waals surface area contributed by atoms with Crippen molar-refractivity contribution < 1.29 is 29.3 Å². The van der Waals surface area contributed by atoms with E-state index in [2.05, 4.69) is 11.8 Å². The summed E-state index contributed by atoms with van der Waals surface area (Å²) in [5, 5.41) is 18.7. The summed E-state index contributed by atoms with van der Waals surface area (Å²) in [5.74, 6) is 6.40. The van der Waals surface area contributed by atoms with Crippen LogP contribution < -0.4 is 9.47 Å². The molecule has 0 radical (unpaired) electrons. The van der Waals surface area contributed by atoms with Gasteiger partial charge in [-0.1, -0.05) is 6.07 Å². The number of Topliss-reactive ketones (excluding diaryl/α,β-unsaturated/α-hetero) is 1. The van der Waals surface area contributed by atoms with E-state index in [1.165, 1.54) is 0 Å². The van der Waals surface area contributed by atoms with Gasteiger partial charge in [-0.2, -0.15) is 0 Å². The SMILES string of the molecule is CCOc1cccc(OCC(O)CCCC(CC#CCCCC(=O)O)C(C)=O)c1. The lowest BCUT2D eigenvalue weighted by molar-refractivity contribution is -0.137. The van der Waals surface area contributed by atoms with E-state index in [-0.39, 0.29) is 24.7 Å². The first-order chi connectivity index (χ1) is 13.9. The van der Waals surface area contributed by atoms with Gasteiger partial charge in [-0.25, -0.2) is 0 Å². The van der Waals surface area contributed by atoms with Crippen molar-refractivity contribution in [3.05, 3.63) is 24.3 Å². The molecule has 1 aromatic rings. The van der Waals surface area contributed by atoms with E-state index in [9.17, 15) is 14.7 Å². The molecule has 160 valence electrons. The predicted octanol–water partition coefficient (Wildman–Crippen LogP) is 3.85. The first kappa shape index (κ1) is 24.5. The van der Waals surface area contributed by atoms with Crippen LogP contribution in [0, 0.1) is 17.8 Å². The summed E-state index contributed by atoms with van der Waals surface area (Å²) >= 11 is 0. The third-order valence-corrected chi connectivity index (χ3v) is 4.39. The highest BCUT2D eigenvalue weighted by atomic mass is 16.5. The van der Waals surface area contributed by atoms with E-state index in [4.69, 9.17) is 14.6 Å². The van der Waals surface area contributed by atoms with Crippen LogP contribution in [0.5, 0.6) is 11.5 Å². The highest BCUT2D eigenvalue weighted by Gasteiger charge is 2.14. The average molecular weight is 405 g/mol. The smallest absolute Gasteiger partial charge is 0.303 e. The number of hydrogen-bond acceptors (Lipinski definition) is 5. The van der Waals surface area contributed by atoms with Crippen LogP contribution in [-0.2, 0) is 9.59 Å². The van der Waals surface area contributed by atoms with Gasteiger partial charge >= 0.3 is 5.97 Å². The Morgan fingerprint density at radius 1 is 1.10 bits per heavy atom. The van der Waals surface area contributed by atoms with Gasteiger partial charge in [0.1, 0.15) is 23.9 Å². The van der Waals surface area contributed by atoms with Crippen LogP contribution in [0.25, 0.3) is 0 Å². The monoisotopic (exact) mass is 404 g/mol. The molecule has 0 spiro atoms. The largest absolute Gasteiger partial charge is 0.494 e. The minimum atomic E-state index is -0.821. The Hall–Kier alpha value is -2.52. The Morgan fingerprint density at radius 2 is 1.83 bits per heavy atom. The number of ether oxygens (including phenoxy) is 2. The van der Waals surface area contributed by atoms with Crippen LogP contribution >= 0.6 is 0 Å². The molecule has 29 heavy (non-hydrogen) atoms. The molecule has 0 fully saturated rings. The molecule has 0 heterocycles. The Morgan fingerprint density at radius 3 is 2.48 bits per heavy atom. The van der Waals surface area contributed by atoms with Crippen molar-refractivity contribution in [1.29, 1.82) is 0 Å². The number of aliphatic carboxylic acids is 1. The van der Waals surface area contributed by atoms with Gasteiger partial charge in [0.25, 0.3) is 0 Å². The van der Waals surface area contributed by atoms with Gasteiger partial charge in [0.15, 0.2) is 0 Å². The zero-order valence-electron chi connectivity index (χ0n) is 17.4. The second kappa shape index (κ2) is 14.5. The lowest BCUT2D eigenvalue weighted by Gasteiger charge is -2.15.